The zero-order chi connectivity index (χ0) is 11.8. The Labute approximate surface area is 95.1 Å². The maximum atomic E-state index is 11.2. The summed E-state index contributed by atoms with van der Waals surface area (Å²) in [5.41, 5.74) is 8.33. The maximum Gasteiger partial charge on any atom is 0.173 e. The molecule has 0 amide bonds. The normalized spacial score (nSPS) is 22.2. The fraction of sp³-hybridized carbons (Fsp3) is 0.273. The largest absolute Gasteiger partial charge is 0.398 e. The van der Waals surface area contributed by atoms with Gasteiger partial charge in [0.15, 0.2) is 9.84 Å². The topological polar surface area (TPSA) is 72.2 Å². The molecule has 4 nitrogen and oxygen atoms in total. The van der Waals surface area contributed by atoms with E-state index in [2.05, 4.69) is 5.32 Å². The monoisotopic (exact) mass is 238 g/mol. The maximum absolute atomic E-state index is 11.2. The zero-order valence-electron chi connectivity index (χ0n) is 8.97. The van der Waals surface area contributed by atoms with Crippen LogP contribution in [0.3, 0.4) is 0 Å². The summed E-state index contributed by atoms with van der Waals surface area (Å²) in [6.07, 6.45) is 1.66. The first-order valence-electron chi connectivity index (χ1n) is 5.00. The third-order valence-electron chi connectivity index (χ3n) is 2.56. The van der Waals surface area contributed by atoms with Gasteiger partial charge < -0.3 is 11.1 Å². The molecule has 0 saturated heterocycles. The Morgan fingerprint density at radius 1 is 1.44 bits per heavy atom. The minimum absolute atomic E-state index is 0.112. The first-order valence-corrected chi connectivity index (χ1v) is 6.71. The molecule has 0 fully saturated rings. The minimum Gasteiger partial charge on any atom is -0.398 e. The number of aryl methyl sites for hydroxylation is 1. The van der Waals surface area contributed by atoms with Crippen LogP contribution in [-0.4, -0.2) is 20.2 Å². The van der Waals surface area contributed by atoms with Crippen LogP contribution in [0.5, 0.6) is 0 Å². The molecule has 1 aliphatic rings. The molecule has 0 saturated carbocycles. The minimum atomic E-state index is -3.01. The van der Waals surface area contributed by atoms with Gasteiger partial charge >= 0.3 is 0 Å². The van der Waals surface area contributed by atoms with Gasteiger partial charge in [-0.2, -0.15) is 0 Å². The number of hydrogen-bond acceptors (Lipinski definition) is 4. The molecule has 16 heavy (non-hydrogen) atoms. The number of nitrogen functional groups attached to an aromatic ring is 1. The SMILES string of the molecule is Cc1ccc(NC2C=CS(=O)(=O)C2)cc1N. The van der Waals surface area contributed by atoms with Gasteiger partial charge in [0.1, 0.15) is 0 Å². The molecule has 1 aromatic carbocycles. The summed E-state index contributed by atoms with van der Waals surface area (Å²) in [7, 11) is -3.01. The van der Waals surface area contributed by atoms with Crippen LogP contribution in [-0.2, 0) is 9.84 Å². The second kappa shape index (κ2) is 3.83. The summed E-state index contributed by atoms with van der Waals surface area (Å²) >= 11 is 0. The Kier molecular flexibility index (Phi) is 2.63. The highest BCUT2D eigenvalue weighted by atomic mass is 32.2. The highest BCUT2D eigenvalue weighted by Gasteiger charge is 2.21. The van der Waals surface area contributed by atoms with Gasteiger partial charge in [0.25, 0.3) is 0 Å². The fourth-order valence-corrected chi connectivity index (χ4v) is 2.85. The summed E-state index contributed by atoms with van der Waals surface area (Å²) in [5.74, 6) is 0.112. The molecule has 3 N–H and O–H groups in total. The van der Waals surface area contributed by atoms with Crippen LogP contribution in [0, 0.1) is 6.92 Å². The lowest BCUT2D eigenvalue weighted by molar-refractivity contribution is 0.605. The molecule has 1 unspecified atom stereocenters. The Morgan fingerprint density at radius 3 is 2.75 bits per heavy atom. The highest BCUT2D eigenvalue weighted by Crippen LogP contribution is 2.19. The van der Waals surface area contributed by atoms with E-state index in [0.29, 0.717) is 5.69 Å². The van der Waals surface area contributed by atoms with Crippen LogP contribution in [0.1, 0.15) is 5.56 Å². The van der Waals surface area contributed by atoms with Crippen molar-refractivity contribution in [2.24, 2.45) is 0 Å². The van der Waals surface area contributed by atoms with Crippen molar-refractivity contribution >= 4 is 21.2 Å². The Bertz CT molecular complexity index is 535. The second-order valence-corrected chi connectivity index (χ2v) is 5.91. The van der Waals surface area contributed by atoms with Gasteiger partial charge in [0, 0.05) is 16.8 Å². The lowest BCUT2D eigenvalue weighted by atomic mass is 10.2. The number of hydrogen-bond donors (Lipinski definition) is 2. The number of rotatable bonds is 2. The molecule has 0 bridgehead atoms. The molecule has 1 heterocycles. The van der Waals surface area contributed by atoms with E-state index in [9.17, 15) is 8.42 Å². The van der Waals surface area contributed by atoms with Crippen LogP contribution >= 0.6 is 0 Å². The third-order valence-corrected chi connectivity index (χ3v) is 3.96. The van der Waals surface area contributed by atoms with Crippen LogP contribution in [0.2, 0.25) is 0 Å². The highest BCUT2D eigenvalue weighted by molar-refractivity contribution is 7.94. The summed E-state index contributed by atoms with van der Waals surface area (Å²) < 4.78 is 22.4. The summed E-state index contributed by atoms with van der Waals surface area (Å²) in [6.45, 7) is 1.93. The molecular weight excluding hydrogens is 224 g/mol. The van der Waals surface area contributed by atoms with E-state index in [1.807, 2.05) is 25.1 Å². The average Bonchev–Trinajstić information content (AvgIpc) is 2.52. The lowest BCUT2D eigenvalue weighted by Crippen LogP contribution is -2.20. The van der Waals surface area contributed by atoms with Gasteiger partial charge in [-0.25, -0.2) is 8.42 Å². The smallest absolute Gasteiger partial charge is 0.173 e. The molecule has 1 aliphatic heterocycles. The summed E-state index contributed by atoms with van der Waals surface area (Å²) in [6, 6.07) is 5.45. The van der Waals surface area contributed by atoms with Crippen LogP contribution in [0.15, 0.2) is 29.7 Å². The first-order chi connectivity index (χ1) is 7.46. The van der Waals surface area contributed by atoms with E-state index in [4.69, 9.17) is 5.73 Å². The second-order valence-electron chi connectivity index (χ2n) is 3.98. The van der Waals surface area contributed by atoms with E-state index >= 15 is 0 Å². The van der Waals surface area contributed by atoms with Gasteiger partial charge in [-0.05, 0) is 24.6 Å². The van der Waals surface area contributed by atoms with Gasteiger partial charge in [-0.15, -0.1) is 0 Å². The van der Waals surface area contributed by atoms with Crippen molar-refractivity contribution < 1.29 is 8.42 Å². The van der Waals surface area contributed by atoms with Crippen molar-refractivity contribution in [1.29, 1.82) is 0 Å². The molecule has 0 aliphatic carbocycles. The van der Waals surface area contributed by atoms with Crippen molar-refractivity contribution in [3.05, 3.63) is 35.2 Å². The predicted molar refractivity (Wildman–Crippen MR) is 65.9 cm³/mol. The van der Waals surface area contributed by atoms with E-state index in [0.717, 1.165) is 11.3 Å². The molecule has 86 valence electrons. The van der Waals surface area contributed by atoms with Gasteiger partial charge in [-0.1, -0.05) is 12.1 Å². The van der Waals surface area contributed by atoms with Gasteiger partial charge in [0.05, 0.1) is 11.8 Å². The molecule has 2 rings (SSSR count). The van der Waals surface area contributed by atoms with Crippen LogP contribution in [0.25, 0.3) is 0 Å². The zero-order valence-corrected chi connectivity index (χ0v) is 9.79. The van der Waals surface area contributed by atoms with E-state index in [1.54, 1.807) is 6.08 Å². The lowest BCUT2D eigenvalue weighted by Gasteiger charge is -2.12. The number of nitrogens with one attached hydrogen (secondary N) is 1. The van der Waals surface area contributed by atoms with Crippen molar-refractivity contribution in [2.75, 3.05) is 16.8 Å². The van der Waals surface area contributed by atoms with E-state index in [1.165, 1.54) is 5.41 Å². The molecule has 0 aromatic heterocycles. The average molecular weight is 238 g/mol. The molecule has 0 spiro atoms. The number of sulfone groups is 1. The summed E-state index contributed by atoms with van der Waals surface area (Å²) in [5, 5.41) is 4.37. The van der Waals surface area contributed by atoms with E-state index < -0.39 is 9.84 Å². The van der Waals surface area contributed by atoms with Crippen molar-refractivity contribution in [1.82, 2.24) is 0 Å². The van der Waals surface area contributed by atoms with Crippen molar-refractivity contribution in [3.63, 3.8) is 0 Å². The molecular formula is C11H14N2O2S. The number of nitrogens with two attached hydrogens (primary N) is 1. The Hall–Kier alpha value is -1.49. The molecule has 1 atom stereocenters. The number of benzene rings is 1. The van der Waals surface area contributed by atoms with Crippen molar-refractivity contribution in [2.45, 2.75) is 13.0 Å². The first kappa shape index (κ1) is 11.0. The Morgan fingerprint density at radius 2 is 2.19 bits per heavy atom. The standard InChI is InChI=1S/C11H14N2O2S/c1-8-2-3-9(6-11(8)12)13-10-4-5-16(14,15)7-10/h2-6,10,13H,7,12H2,1H3. The molecule has 5 heteroatoms. The molecule has 0 radical (unpaired) electrons. The quantitative estimate of drug-likeness (QED) is 0.762. The van der Waals surface area contributed by atoms with Crippen molar-refractivity contribution in [3.8, 4) is 0 Å². The predicted octanol–water partition coefficient (Wildman–Crippen LogP) is 1.30. The van der Waals surface area contributed by atoms with Gasteiger partial charge in [0.2, 0.25) is 0 Å². The van der Waals surface area contributed by atoms with Crippen LogP contribution < -0.4 is 11.1 Å². The fourth-order valence-electron chi connectivity index (χ4n) is 1.61. The summed E-state index contributed by atoms with van der Waals surface area (Å²) in [4.78, 5) is 0. The van der Waals surface area contributed by atoms with E-state index in [-0.39, 0.29) is 11.8 Å². The van der Waals surface area contributed by atoms with Crippen LogP contribution in [0.4, 0.5) is 11.4 Å². The third kappa shape index (κ3) is 2.36. The van der Waals surface area contributed by atoms with Gasteiger partial charge in [-0.3, -0.25) is 0 Å². The number of anilines is 2. The Balaban J connectivity index is 2.11. The molecule has 1 aromatic rings.